The number of carboxylic acids is 1. The fourth-order valence-electron chi connectivity index (χ4n) is 2.35. The zero-order chi connectivity index (χ0) is 15.8. The summed E-state index contributed by atoms with van der Waals surface area (Å²) in [4.78, 5) is 15.7. The van der Waals surface area contributed by atoms with Crippen LogP contribution in [-0.2, 0) is 14.1 Å². The van der Waals surface area contributed by atoms with Crippen LogP contribution in [-0.4, -0.2) is 34.4 Å². The Morgan fingerprint density at radius 1 is 1.29 bits per heavy atom. The molecule has 1 N–H and O–H groups in total. The summed E-state index contributed by atoms with van der Waals surface area (Å²) in [6, 6.07) is 5.58. The molecule has 0 spiro atoms. The SMILES string of the molecule is Cc1cccc(C(CC(=O)O)B2OC(C)(C)C(C)(C)O2)n1. The van der Waals surface area contributed by atoms with Gasteiger partial charge in [-0.25, -0.2) is 0 Å². The van der Waals surface area contributed by atoms with E-state index in [1.54, 1.807) is 0 Å². The van der Waals surface area contributed by atoms with Crippen molar-refractivity contribution in [2.75, 3.05) is 0 Å². The molecular formula is C15H22BNO4. The van der Waals surface area contributed by atoms with Gasteiger partial charge >= 0.3 is 13.1 Å². The smallest absolute Gasteiger partial charge is 0.468 e. The number of aliphatic carboxylic acids is 1. The van der Waals surface area contributed by atoms with Crippen molar-refractivity contribution in [1.29, 1.82) is 0 Å². The standard InChI is InChI=1S/C15H22BNO4/c1-10-7-6-8-12(17-10)11(9-13(18)19)16-20-14(2,3)15(4,5)21-16/h6-8,11H,9H2,1-5H3,(H,18,19). The average molecular weight is 291 g/mol. The van der Waals surface area contributed by atoms with Crippen LogP contribution >= 0.6 is 0 Å². The lowest BCUT2D eigenvalue weighted by Gasteiger charge is -2.32. The van der Waals surface area contributed by atoms with Crippen LogP contribution in [0.4, 0.5) is 0 Å². The van der Waals surface area contributed by atoms with Crippen LogP contribution in [0, 0.1) is 6.92 Å². The van der Waals surface area contributed by atoms with E-state index in [1.807, 2.05) is 52.8 Å². The normalized spacial score (nSPS) is 21.3. The van der Waals surface area contributed by atoms with Crippen LogP contribution in [0.1, 0.15) is 51.3 Å². The highest BCUT2D eigenvalue weighted by atomic mass is 16.7. The second kappa shape index (κ2) is 5.42. The summed E-state index contributed by atoms with van der Waals surface area (Å²) < 4.78 is 12.0. The summed E-state index contributed by atoms with van der Waals surface area (Å²) in [6.07, 6.45) is -0.0761. The van der Waals surface area contributed by atoms with Crippen molar-refractivity contribution >= 4 is 13.1 Å². The molecule has 1 aliphatic rings. The van der Waals surface area contributed by atoms with Gasteiger partial charge in [-0.3, -0.25) is 9.78 Å². The van der Waals surface area contributed by atoms with Gasteiger partial charge in [-0.05, 0) is 46.8 Å². The highest BCUT2D eigenvalue weighted by molar-refractivity contribution is 6.48. The number of nitrogens with zero attached hydrogens (tertiary/aromatic N) is 1. The Morgan fingerprint density at radius 3 is 2.33 bits per heavy atom. The molecule has 1 unspecified atom stereocenters. The first-order valence-electron chi connectivity index (χ1n) is 7.13. The van der Waals surface area contributed by atoms with E-state index in [-0.39, 0.29) is 6.42 Å². The van der Waals surface area contributed by atoms with Gasteiger partial charge < -0.3 is 14.4 Å². The first-order valence-corrected chi connectivity index (χ1v) is 7.13. The Hall–Kier alpha value is -1.40. The van der Waals surface area contributed by atoms with Crippen LogP contribution in [0.5, 0.6) is 0 Å². The zero-order valence-electron chi connectivity index (χ0n) is 13.2. The maximum Gasteiger partial charge on any atom is 0.468 e. The number of carboxylic acid groups (broad SMARTS) is 1. The minimum Gasteiger partial charge on any atom is -0.481 e. The second-order valence-corrected chi connectivity index (χ2v) is 6.53. The lowest BCUT2D eigenvalue weighted by Crippen LogP contribution is -2.41. The van der Waals surface area contributed by atoms with E-state index in [0.717, 1.165) is 5.69 Å². The van der Waals surface area contributed by atoms with Gasteiger partial charge in [-0.15, -0.1) is 0 Å². The van der Waals surface area contributed by atoms with E-state index in [2.05, 4.69) is 4.98 Å². The van der Waals surface area contributed by atoms with Gasteiger partial charge in [0.2, 0.25) is 0 Å². The Labute approximate surface area is 125 Å². The molecule has 0 aliphatic carbocycles. The molecule has 1 atom stereocenters. The summed E-state index contributed by atoms with van der Waals surface area (Å²) in [6.45, 7) is 9.69. The minimum absolute atomic E-state index is 0.0761. The number of hydrogen-bond acceptors (Lipinski definition) is 4. The Balaban J connectivity index is 2.32. The van der Waals surface area contributed by atoms with E-state index < -0.39 is 30.1 Å². The molecule has 0 aromatic carbocycles. The van der Waals surface area contributed by atoms with Gasteiger partial charge in [0.15, 0.2) is 0 Å². The van der Waals surface area contributed by atoms with Crippen LogP contribution < -0.4 is 0 Å². The van der Waals surface area contributed by atoms with Crippen molar-refractivity contribution in [3.8, 4) is 0 Å². The molecule has 1 fully saturated rings. The molecule has 6 heteroatoms. The fraction of sp³-hybridized carbons (Fsp3) is 0.600. The van der Waals surface area contributed by atoms with Gasteiger partial charge in [0.25, 0.3) is 0 Å². The van der Waals surface area contributed by atoms with Crippen LogP contribution in [0.2, 0.25) is 0 Å². The molecule has 1 aliphatic heterocycles. The molecule has 114 valence electrons. The van der Waals surface area contributed by atoms with Crippen molar-refractivity contribution in [1.82, 2.24) is 4.98 Å². The molecule has 5 nitrogen and oxygen atoms in total. The molecular weight excluding hydrogens is 269 g/mol. The topological polar surface area (TPSA) is 68.7 Å². The van der Waals surface area contributed by atoms with Gasteiger partial charge in [0, 0.05) is 17.2 Å². The second-order valence-electron chi connectivity index (χ2n) is 6.53. The monoisotopic (exact) mass is 291 g/mol. The molecule has 2 rings (SSSR count). The van der Waals surface area contributed by atoms with Crippen molar-refractivity contribution in [3.63, 3.8) is 0 Å². The quantitative estimate of drug-likeness (QED) is 0.863. The number of hydrogen-bond donors (Lipinski definition) is 1. The van der Waals surface area contributed by atoms with Crippen LogP contribution in [0.3, 0.4) is 0 Å². The molecule has 1 aromatic heterocycles. The summed E-state index contributed by atoms with van der Waals surface area (Å²) in [5.41, 5.74) is 0.562. The maximum atomic E-state index is 11.2. The Morgan fingerprint density at radius 2 is 1.86 bits per heavy atom. The van der Waals surface area contributed by atoms with Crippen LogP contribution in [0.25, 0.3) is 0 Å². The first-order chi connectivity index (χ1) is 9.62. The average Bonchev–Trinajstić information content (AvgIpc) is 2.55. The molecule has 2 heterocycles. The third kappa shape index (κ3) is 3.27. The summed E-state index contributed by atoms with van der Waals surface area (Å²) in [5, 5.41) is 9.20. The third-order valence-corrected chi connectivity index (χ3v) is 4.28. The fourth-order valence-corrected chi connectivity index (χ4v) is 2.35. The molecule has 1 aromatic rings. The van der Waals surface area contributed by atoms with Gasteiger partial charge in [-0.1, -0.05) is 6.07 Å². The highest BCUT2D eigenvalue weighted by Gasteiger charge is 2.54. The zero-order valence-corrected chi connectivity index (χ0v) is 13.2. The van der Waals surface area contributed by atoms with E-state index in [1.165, 1.54) is 0 Å². The largest absolute Gasteiger partial charge is 0.481 e. The molecule has 0 saturated carbocycles. The van der Waals surface area contributed by atoms with E-state index in [0.29, 0.717) is 5.69 Å². The number of carbonyl (C=O) groups is 1. The van der Waals surface area contributed by atoms with Crippen molar-refractivity contribution in [3.05, 3.63) is 29.6 Å². The van der Waals surface area contributed by atoms with Gasteiger partial charge in [-0.2, -0.15) is 0 Å². The molecule has 1 saturated heterocycles. The van der Waals surface area contributed by atoms with Gasteiger partial charge in [0.05, 0.1) is 17.6 Å². The highest BCUT2D eigenvalue weighted by Crippen LogP contribution is 2.41. The number of aromatic nitrogens is 1. The molecule has 0 bridgehead atoms. The minimum atomic E-state index is -0.891. The van der Waals surface area contributed by atoms with E-state index >= 15 is 0 Å². The Kier molecular flexibility index (Phi) is 4.13. The summed E-state index contributed by atoms with van der Waals surface area (Å²) >= 11 is 0. The first kappa shape index (κ1) is 16.0. The third-order valence-electron chi connectivity index (χ3n) is 4.28. The lowest BCUT2D eigenvalue weighted by atomic mass is 9.68. The van der Waals surface area contributed by atoms with E-state index in [9.17, 15) is 9.90 Å². The van der Waals surface area contributed by atoms with Crippen LogP contribution in [0.15, 0.2) is 18.2 Å². The number of aryl methyl sites for hydroxylation is 1. The van der Waals surface area contributed by atoms with Gasteiger partial charge in [0.1, 0.15) is 0 Å². The Bertz CT molecular complexity index is 528. The number of rotatable bonds is 4. The predicted molar refractivity (Wildman–Crippen MR) is 80.0 cm³/mol. The van der Waals surface area contributed by atoms with Crippen molar-refractivity contribution in [2.45, 2.75) is 58.1 Å². The molecule has 0 amide bonds. The molecule has 0 radical (unpaired) electrons. The predicted octanol–water partition coefficient (Wildman–Crippen LogP) is 2.58. The lowest BCUT2D eigenvalue weighted by molar-refractivity contribution is -0.137. The van der Waals surface area contributed by atoms with Crippen molar-refractivity contribution in [2.24, 2.45) is 0 Å². The molecule has 21 heavy (non-hydrogen) atoms. The van der Waals surface area contributed by atoms with Crippen molar-refractivity contribution < 1.29 is 19.2 Å². The maximum absolute atomic E-state index is 11.2. The van der Waals surface area contributed by atoms with E-state index in [4.69, 9.17) is 9.31 Å². The summed E-state index contributed by atoms with van der Waals surface area (Å²) in [5.74, 6) is -1.32. The number of pyridine rings is 1. The summed E-state index contributed by atoms with van der Waals surface area (Å²) in [7, 11) is -0.611.